The Balaban J connectivity index is 2.24. The van der Waals surface area contributed by atoms with Crippen molar-refractivity contribution in [2.45, 2.75) is 18.9 Å². The van der Waals surface area contributed by atoms with Gasteiger partial charge < -0.3 is 20.3 Å². The van der Waals surface area contributed by atoms with Crippen molar-refractivity contribution in [3.63, 3.8) is 0 Å². The SMILES string of the molecule is CC(O)(CO)CNC(=O)CCOc1cccc(F)c1. The van der Waals surface area contributed by atoms with Crippen molar-refractivity contribution in [3.8, 4) is 5.75 Å². The maximum atomic E-state index is 12.8. The van der Waals surface area contributed by atoms with Crippen LogP contribution in [0, 0.1) is 5.82 Å². The first-order chi connectivity index (χ1) is 8.93. The second-order valence-electron chi connectivity index (χ2n) is 4.49. The van der Waals surface area contributed by atoms with E-state index < -0.39 is 18.0 Å². The summed E-state index contributed by atoms with van der Waals surface area (Å²) in [4.78, 5) is 11.4. The molecule has 1 rings (SSSR count). The molecule has 0 aliphatic carbocycles. The number of nitrogens with one attached hydrogen (secondary N) is 1. The Bertz CT molecular complexity index is 423. The normalized spacial score (nSPS) is 13.7. The molecule has 0 spiro atoms. The van der Waals surface area contributed by atoms with Crippen LogP contribution in [0.3, 0.4) is 0 Å². The fourth-order valence-corrected chi connectivity index (χ4v) is 1.25. The second-order valence-corrected chi connectivity index (χ2v) is 4.49. The highest BCUT2D eigenvalue weighted by Crippen LogP contribution is 2.11. The van der Waals surface area contributed by atoms with E-state index in [1.165, 1.54) is 25.1 Å². The quantitative estimate of drug-likeness (QED) is 0.673. The third-order valence-corrected chi connectivity index (χ3v) is 2.40. The first-order valence-electron chi connectivity index (χ1n) is 5.91. The molecule has 1 aromatic rings. The van der Waals surface area contributed by atoms with Gasteiger partial charge in [0.1, 0.15) is 17.2 Å². The molecule has 0 fully saturated rings. The minimum Gasteiger partial charge on any atom is -0.493 e. The molecule has 1 unspecified atom stereocenters. The number of hydrogen-bond donors (Lipinski definition) is 3. The molecule has 3 N–H and O–H groups in total. The Labute approximate surface area is 111 Å². The molecule has 0 aromatic heterocycles. The number of aliphatic hydroxyl groups is 2. The Kier molecular flexibility index (Phi) is 5.72. The summed E-state index contributed by atoms with van der Waals surface area (Å²) in [6, 6.07) is 5.64. The lowest BCUT2D eigenvalue weighted by Crippen LogP contribution is -2.43. The Morgan fingerprint density at radius 1 is 1.53 bits per heavy atom. The Morgan fingerprint density at radius 2 is 2.26 bits per heavy atom. The number of ether oxygens (including phenoxy) is 1. The number of aliphatic hydroxyl groups excluding tert-OH is 1. The summed E-state index contributed by atoms with van der Waals surface area (Å²) in [6.45, 7) is 1.04. The van der Waals surface area contributed by atoms with Gasteiger partial charge in [0.2, 0.25) is 5.91 Å². The first-order valence-corrected chi connectivity index (χ1v) is 5.91. The summed E-state index contributed by atoms with van der Waals surface area (Å²) >= 11 is 0. The van der Waals surface area contributed by atoms with Gasteiger partial charge >= 0.3 is 0 Å². The van der Waals surface area contributed by atoms with Gasteiger partial charge in [-0.3, -0.25) is 4.79 Å². The molecular formula is C13H18FNO4. The van der Waals surface area contributed by atoms with E-state index in [1.807, 2.05) is 0 Å². The van der Waals surface area contributed by atoms with E-state index >= 15 is 0 Å². The van der Waals surface area contributed by atoms with Gasteiger partial charge in [0.25, 0.3) is 0 Å². The van der Waals surface area contributed by atoms with E-state index in [0.29, 0.717) is 5.75 Å². The van der Waals surface area contributed by atoms with Gasteiger partial charge in [-0.1, -0.05) is 6.07 Å². The second kappa shape index (κ2) is 7.06. The van der Waals surface area contributed by atoms with Crippen LogP contribution in [-0.4, -0.2) is 41.5 Å². The van der Waals surface area contributed by atoms with Gasteiger partial charge in [0.15, 0.2) is 0 Å². The summed E-state index contributed by atoms with van der Waals surface area (Å²) in [5, 5.41) is 20.7. The number of hydrogen-bond acceptors (Lipinski definition) is 4. The average molecular weight is 271 g/mol. The predicted octanol–water partition coefficient (Wildman–Crippen LogP) is 0.454. The van der Waals surface area contributed by atoms with Crippen LogP contribution in [0.2, 0.25) is 0 Å². The first kappa shape index (κ1) is 15.4. The Hall–Kier alpha value is -1.66. The van der Waals surface area contributed by atoms with Crippen molar-refractivity contribution < 1.29 is 24.1 Å². The lowest BCUT2D eigenvalue weighted by atomic mass is 10.1. The summed E-state index contributed by atoms with van der Waals surface area (Å²) < 4.78 is 18.0. The number of amides is 1. The molecule has 0 bridgehead atoms. The summed E-state index contributed by atoms with van der Waals surface area (Å²) in [7, 11) is 0. The molecule has 5 nitrogen and oxygen atoms in total. The maximum Gasteiger partial charge on any atom is 0.223 e. The van der Waals surface area contributed by atoms with Crippen molar-refractivity contribution in [1.29, 1.82) is 0 Å². The van der Waals surface area contributed by atoms with E-state index in [4.69, 9.17) is 9.84 Å². The molecule has 0 saturated heterocycles. The van der Waals surface area contributed by atoms with Gasteiger partial charge in [-0.2, -0.15) is 0 Å². The largest absolute Gasteiger partial charge is 0.493 e. The molecule has 1 atom stereocenters. The van der Waals surface area contributed by atoms with Crippen LogP contribution in [0.5, 0.6) is 5.75 Å². The summed E-state index contributed by atoms with van der Waals surface area (Å²) in [6.07, 6.45) is 0.0814. The van der Waals surface area contributed by atoms with Gasteiger partial charge in [0, 0.05) is 12.6 Å². The van der Waals surface area contributed by atoms with Crippen molar-refractivity contribution in [1.82, 2.24) is 5.32 Å². The molecule has 106 valence electrons. The number of halogens is 1. The van der Waals surface area contributed by atoms with Crippen LogP contribution in [0.4, 0.5) is 4.39 Å². The van der Waals surface area contributed by atoms with E-state index in [-0.39, 0.29) is 25.5 Å². The molecule has 19 heavy (non-hydrogen) atoms. The zero-order chi connectivity index (χ0) is 14.3. The zero-order valence-electron chi connectivity index (χ0n) is 10.7. The highest BCUT2D eigenvalue weighted by molar-refractivity contribution is 5.76. The fourth-order valence-electron chi connectivity index (χ4n) is 1.25. The third kappa shape index (κ3) is 6.17. The lowest BCUT2D eigenvalue weighted by Gasteiger charge is -2.20. The zero-order valence-corrected chi connectivity index (χ0v) is 10.7. The molecule has 1 amide bonds. The summed E-state index contributed by atoms with van der Waals surface area (Å²) in [5.74, 6) is -0.360. The molecule has 0 aliphatic heterocycles. The highest BCUT2D eigenvalue weighted by atomic mass is 19.1. The van der Waals surface area contributed by atoms with E-state index in [0.717, 1.165) is 0 Å². The van der Waals surface area contributed by atoms with Gasteiger partial charge in [-0.25, -0.2) is 4.39 Å². The number of rotatable bonds is 7. The average Bonchev–Trinajstić information content (AvgIpc) is 2.37. The minimum absolute atomic E-state index is 0.0394. The van der Waals surface area contributed by atoms with Gasteiger partial charge in [-0.05, 0) is 19.1 Å². The molecule has 0 radical (unpaired) electrons. The minimum atomic E-state index is -1.33. The van der Waals surface area contributed by atoms with Crippen LogP contribution in [-0.2, 0) is 4.79 Å². The third-order valence-electron chi connectivity index (χ3n) is 2.40. The topological polar surface area (TPSA) is 78.8 Å². The summed E-state index contributed by atoms with van der Waals surface area (Å²) in [5.41, 5.74) is -1.33. The van der Waals surface area contributed by atoms with Crippen molar-refractivity contribution in [2.24, 2.45) is 0 Å². The smallest absolute Gasteiger partial charge is 0.223 e. The molecular weight excluding hydrogens is 253 g/mol. The van der Waals surface area contributed by atoms with Crippen molar-refractivity contribution in [2.75, 3.05) is 19.8 Å². The van der Waals surface area contributed by atoms with Crippen LogP contribution >= 0.6 is 0 Å². The van der Waals surface area contributed by atoms with E-state index in [9.17, 15) is 14.3 Å². The Morgan fingerprint density at radius 3 is 2.89 bits per heavy atom. The van der Waals surface area contributed by atoms with E-state index in [1.54, 1.807) is 6.07 Å². The lowest BCUT2D eigenvalue weighted by molar-refractivity contribution is -0.123. The molecule has 0 heterocycles. The molecule has 0 aliphatic rings. The van der Waals surface area contributed by atoms with Gasteiger partial charge in [-0.15, -0.1) is 0 Å². The van der Waals surface area contributed by atoms with Crippen molar-refractivity contribution in [3.05, 3.63) is 30.1 Å². The monoisotopic (exact) mass is 271 g/mol. The predicted molar refractivity (Wildman–Crippen MR) is 67.2 cm³/mol. The molecule has 6 heteroatoms. The number of benzene rings is 1. The maximum absolute atomic E-state index is 12.8. The number of carbonyl (C=O) groups excluding carboxylic acids is 1. The molecule has 0 saturated carbocycles. The highest BCUT2D eigenvalue weighted by Gasteiger charge is 2.19. The van der Waals surface area contributed by atoms with Crippen LogP contribution in [0.1, 0.15) is 13.3 Å². The molecule has 1 aromatic carbocycles. The van der Waals surface area contributed by atoms with Crippen LogP contribution < -0.4 is 10.1 Å². The fraction of sp³-hybridized carbons (Fsp3) is 0.462. The number of carbonyl (C=O) groups is 1. The van der Waals surface area contributed by atoms with E-state index in [2.05, 4.69) is 5.32 Å². The van der Waals surface area contributed by atoms with Crippen LogP contribution in [0.25, 0.3) is 0 Å². The van der Waals surface area contributed by atoms with Gasteiger partial charge in [0.05, 0.1) is 19.6 Å². The standard InChI is InChI=1S/C13H18FNO4/c1-13(18,9-16)8-15-12(17)5-6-19-11-4-2-3-10(14)7-11/h2-4,7,16,18H,5-6,8-9H2,1H3,(H,15,17). The van der Waals surface area contributed by atoms with Crippen molar-refractivity contribution >= 4 is 5.91 Å². The van der Waals surface area contributed by atoms with Crippen LogP contribution in [0.15, 0.2) is 24.3 Å².